The van der Waals surface area contributed by atoms with Crippen LogP contribution in [0.3, 0.4) is 0 Å². The molecule has 0 aromatic heterocycles. The lowest BCUT2D eigenvalue weighted by atomic mass is 10.0. The first kappa shape index (κ1) is 18.1. The van der Waals surface area contributed by atoms with E-state index in [-0.39, 0.29) is 11.7 Å². The van der Waals surface area contributed by atoms with Crippen LogP contribution in [-0.2, 0) is 4.79 Å². The van der Waals surface area contributed by atoms with Crippen molar-refractivity contribution in [1.82, 2.24) is 0 Å². The van der Waals surface area contributed by atoms with Crippen LogP contribution in [0.15, 0.2) is 48.5 Å². The van der Waals surface area contributed by atoms with Crippen molar-refractivity contribution in [2.24, 2.45) is 0 Å². The third kappa shape index (κ3) is 5.73. The quantitative estimate of drug-likeness (QED) is 0.455. The van der Waals surface area contributed by atoms with Crippen LogP contribution in [0.25, 0.3) is 11.1 Å². The average Bonchev–Trinajstić information content (AvgIpc) is 2.60. The maximum atomic E-state index is 12.1. The fraction of sp³-hybridized carbons (Fsp3) is 0.381. The minimum absolute atomic E-state index is 0.0361. The Kier molecular flexibility index (Phi) is 7.34. The van der Waals surface area contributed by atoms with E-state index in [0.717, 1.165) is 24.0 Å². The number of carbonyl (C=O) groups is 1. The van der Waals surface area contributed by atoms with Crippen molar-refractivity contribution in [3.63, 3.8) is 0 Å². The minimum Gasteiger partial charge on any atom is -0.506 e. The van der Waals surface area contributed by atoms with Crippen LogP contribution in [0.1, 0.15) is 51.9 Å². The van der Waals surface area contributed by atoms with Gasteiger partial charge in [-0.1, -0.05) is 75.4 Å². The van der Waals surface area contributed by atoms with Crippen LogP contribution in [0.4, 0.5) is 5.69 Å². The molecule has 128 valence electrons. The smallest absolute Gasteiger partial charge is 0.224 e. The number of benzene rings is 2. The Morgan fingerprint density at radius 3 is 2.38 bits per heavy atom. The van der Waals surface area contributed by atoms with E-state index in [1.54, 1.807) is 6.07 Å². The molecule has 0 aliphatic carbocycles. The molecule has 1 amide bonds. The number of anilines is 1. The average molecular weight is 325 g/mol. The van der Waals surface area contributed by atoms with Gasteiger partial charge in [-0.3, -0.25) is 4.79 Å². The molecule has 24 heavy (non-hydrogen) atoms. The highest BCUT2D eigenvalue weighted by molar-refractivity contribution is 5.93. The van der Waals surface area contributed by atoms with Crippen LogP contribution in [0, 0.1) is 0 Å². The van der Waals surface area contributed by atoms with Gasteiger partial charge in [0.1, 0.15) is 5.75 Å². The molecule has 0 spiro atoms. The van der Waals surface area contributed by atoms with Crippen LogP contribution in [0.5, 0.6) is 5.75 Å². The number of hydrogen-bond donors (Lipinski definition) is 2. The van der Waals surface area contributed by atoms with Gasteiger partial charge in [0, 0.05) is 6.42 Å². The van der Waals surface area contributed by atoms with Crippen LogP contribution < -0.4 is 5.32 Å². The Balaban J connectivity index is 1.88. The molecule has 0 fully saturated rings. The number of unbranched alkanes of at least 4 members (excludes halogenated alkanes) is 5. The van der Waals surface area contributed by atoms with Gasteiger partial charge >= 0.3 is 0 Å². The van der Waals surface area contributed by atoms with Crippen molar-refractivity contribution in [2.45, 2.75) is 51.9 Å². The van der Waals surface area contributed by atoms with E-state index in [1.807, 2.05) is 42.5 Å². The maximum Gasteiger partial charge on any atom is 0.224 e. The summed E-state index contributed by atoms with van der Waals surface area (Å²) in [5.41, 5.74) is 2.51. The predicted molar refractivity (Wildman–Crippen MR) is 100 cm³/mol. The van der Waals surface area contributed by atoms with Crippen molar-refractivity contribution in [1.29, 1.82) is 0 Å². The van der Waals surface area contributed by atoms with E-state index < -0.39 is 0 Å². The summed E-state index contributed by atoms with van der Waals surface area (Å²) in [6, 6.07) is 15.2. The zero-order valence-electron chi connectivity index (χ0n) is 14.4. The molecule has 0 radical (unpaired) electrons. The van der Waals surface area contributed by atoms with Crippen molar-refractivity contribution in [3.8, 4) is 16.9 Å². The van der Waals surface area contributed by atoms with Gasteiger partial charge in [0.05, 0.1) is 5.69 Å². The lowest BCUT2D eigenvalue weighted by molar-refractivity contribution is -0.116. The first-order chi connectivity index (χ1) is 11.7. The van der Waals surface area contributed by atoms with Crippen LogP contribution in [-0.4, -0.2) is 11.0 Å². The fourth-order valence-corrected chi connectivity index (χ4v) is 2.72. The maximum absolute atomic E-state index is 12.1. The van der Waals surface area contributed by atoms with Gasteiger partial charge < -0.3 is 10.4 Å². The third-order valence-corrected chi connectivity index (χ3v) is 4.14. The number of phenols is 1. The van der Waals surface area contributed by atoms with Gasteiger partial charge in [-0.15, -0.1) is 0 Å². The molecular formula is C21H27NO2. The zero-order chi connectivity index (χ0) is 17.2. The molecule has 2 rings (SSSR count). The van der Waals surface area contributed by atoms with E-state index >= 15 is 0 Å². The highest BCUT2D eigenvalue weighted by Gasteiger charge is 2.08. The second-order valence-corrected chi connectivity index (χ2v) is 6.16. The first-order valence-electron chi connectivity index (χ1n) is 8.89. The first-order valence-corrected chi connectivity index (χ1v) is 8.89. The largest absolute Gasteiger partial charge is 0.506 e. The van der Waals surface area contributed by atoms with Crippen LogP contribution >= 0.6 is 0 Å². The molecule has 0 saturated carbocycles. The van der Waals surface area contributed by atoms with Gasteiger partial charge in [-0.05, 0) is 29.7 Å². The molecule has 0 bridgehead atoms. The molecule has 2 aromatic carbocycles. The number of hydrogen-bond acceptors (Lipinski definition) is 2. The molecule has 0 atom stereocenters. The SMILES string of the molecule is CCCCCCCCC(=O)Nc1cc(-c2ccccc2)ccc1O. The van der Waals surface area contributed by atoms with Crippen molar-refractivity contribution >= 4 is 11.6 Å². The van der Waals surface area contributed by atoms with Gasteiger partial charge in [-0.25, -0.2) is 0 Å². The van der Waals surface area contributed by atoms with Gasteiger partial charge in [0.25, 0.3) is 0 Å². The summed E-state index contributed by atoms with van der Waals surface area (Å²) in [6.45, 7) is 2.20. The number of phenolic OH excluding ortho intramolecular Hbond substituents is 1. The molecule has 0 unspecified atom stereocenters. The summed E-state index contributed by atoms with van der Waals surface area (Å²) in [5, 5.41) is 12.8. The lowest BCUT2D eigenvalue weighted by Crippen LogP contribution is -2.11. The van der Waals surface area contributed by atoms with E-state index in [1.165, 1.54) is 25.7 Å². The topological polar surface area (TPSA) is 49.3 Å². The standard InChI is InChI=1S/C21H27NO2/c1-2-3-4-5-6-10-13-21(24)22-19-16-18(14-15-20(19)23)17-11-8-7-9-12-17/h7-9,11-12,14-16,23H,2-6,10,13H2,1H3,(H,22,24). The lowest BCUT2D eigenvalue weighted by Gasteiger charge is -2.10. The Labute approximate surface area is 144 Å². The molecule has 0 saturated heterocycles. The Morgan fingerprint density at radius 2 is 1.62 bits per heavy atom. The monoisotopic (exact) mass is 325 g/mol. The third-order valence-electron chi connectivity index (χ3n) is 4.14. The predicted octanol–water partition coefficient (Wildman–Crippen LogP) is 5.75. The Bertz CT molecular complexity index is 638. The summed E-state index contributed by atoms with van der Waals surface area (Å²) < 4.78 is 0. The summed E-state index contributed by atoms with van der Waals surface area (Å²) in [7, 11) is 0. The van der Waals surface area contributed by atoms with Crippen LogP contribution in [0.2, 0.25) is 0 Å². The molecular weight excluding hydrogens is 298 g/mol. The summed E-state index contributed by atoms with van der Waals surface area (Å²) in [4.78, 5) is 12.1. The molecule has 3 heteroatoms. The van der Waals surface area contributed by atoms with E-state index in [0.29, 0.717) is 12.1 Å². The zero-order valence-corrected chi connectivity index (χ0v) is 14.4. The summed E-state index contributed by atoms with van der Waals surface area (Å²) in [6.07, 6.45) is 7.43. The van der Waals surface area contributed by atoms with Crippen molar-refractivity contribution in [3.05, 3.63) is 48.5 Å². The summed E-state index contributed by atoms with van der Waals surface area (Å²) in [5.74, 6) is 0.0666. The number of nitrogens with one attached hydrogen (secondary N) is 1. The molecule has 0 heterocycles. The number of carbonyl (C=O) groups excluding carboxylic acids is 1. The molecule has 0 aliphatic rings. The summed E-state index contributed by atoms with van der Waals surface area (Å²) >= 11 is 0. The Morgan fingerprint density at radius 1 is 0.917 bits per heavy atom. The number of amides is 1. The van der Waals surface area contributed by atoms with E-state index in [2.05, 4.69) is 12.2 Å². The highest BCUT2D eigenvalue weighted by Crippen LogP contribution is 2.29. The van der Waals surface area contributed by atoms with E-state index in [4.69, 9.17) is 0 Å². The molecule has 2 aromatic rings. The molecule has 0 aliphatic heterocycles. The highest BCUT2D eigenvalue weighted by atomic mass is 16.3. The van der Waals surface area contributed by atoms with Gasteiger partial charge in [-0.2, -0.15) is 0 Å². The van der Waals surface area contributed by atoms with E-state index in [9.17, 15) is 9.90 Å². The normalized spacial score (nSPS) is 10.5. The molecule has 3 nitrogen and oxygen atoms in total. The number of rotatable bonds is 9. The second-order valence-electron chi connectivity index (χ2n) is 6.16. The van der Waals surface area contributed by atoms with Crippen molar-refractivity contribution in [2.75, 3.05) is 5.32 Å². The fourth-order valence-electron chi connectivity index (χ4n) is 2.72. The number of aromatic hydroxyl groups is 1. The Hall–Kier alpha value is -2.29. The minimum atomic E-state index is -0.0361. The second kappa shape index (κ2) is 9.76. The van der Waals surface area contributed by atoms with Gasteiger partial charge in [0.15, 0.2) is 0 Å². The van der Waals surface area contributed by atoms with Gasteiger partial charge in [0.2, 0.25) is 5.91 Å². The molecule has 2 N–H and O–H groups in total. The van der Waals surface area contributed by atoms with Crippen molar-refractivity contribution < 1.29 is 9.90 Å².